The van der Waals surface area contributed by atoms with E-state index in [4.69, 9.17) is 9.47 Å². The van der Waals surface area contributed by atoms with Crippen molar-refractivity contribution in [1.82, 2.24) is 0 Å². The lowest BCUT2D eigenvalue weighted by Gasteiger charge is -2.14. The minimum absolute atomic E-state index is 0.298. The third-order valence-corrected chi connectivity index (χ3v) is 3.45. The molecule has 0 saturated carbocycles. The molecular formula is C17H15NO4. The van der Waals surface area contributed by atoms with Crippen LogP contribution in [0.1, 0.15) is 20.7 Å². The topological polar surface area (TPSA) is 55.8 Å². The molecule has 2 aromatic carbocycles. The molecule has 5 nitrogen and oxygen atoms in total. The molecule has 0 N–H and O–H groups in total. The fourth-order valence-electron chi connectivity index (χ4n) is 2.36. The molecule has 0 aliphatic carbocycles. The number of amides is 2. The van der Waals surface area contributed by atoms with E-state index < -0.39 is 0 Å². The van der Waals surface area contributed by atoms with E-state index in [0.717, 1.165) is 0 Å². The number of carbonyl (C=O) groups excluding carboxylic acids is 2. The quantitative estimate of drug-likeness (QED) is 0.628. The van der Waals surface area contributed by atoms with Gasteiger partial charge in [-0.1, -0.05) is 12.1 Å². The zero-order chi connectivity index (χ0) is 15.5. The normalized spacial score (nSPS) is 13.4. The molecule has 0 atom stereocenters. The summed E-state index contributed by atoms with van der Waals surface area (Å²) >= 11 is 0. The molecule has 0 radical (unpaired) electrons. The van der Waals surface area contributed by atoms with E-state index in [1.54, 1.807) is 55.6 Å². The Bertz CT molecular complexity index is 674. The van der Waals surface area contributed by atoms with Gasteiger partial charge in [0.15, 0.2) is 0 Å². The zero-order valence-corrected chi connectivity index (χ0v) is 12.1. The zero-order valence-electron chi connectivity index (χ0n) is 12.1. The third kappa shape index (κ3) is 2.46. The number of ether oxygens (including phenoxy) is 2. The van der Waals surface area contributed by atoms with Crippen LogP contribution in [0.2, 0.25) is 0 Å². The molecule has 5 heteroatoms. The van der Waals surface area contributed by atoms with Crippen molar-refractivity contribution in [2.75, 3.05) is 25.2 Å². The van der Waals surface area contributed by atoms with E-state index in [9.17, 15) is 9.59 Å². The minimum Gasteiger partial charge on any atom is -0.491 e. The highest BCUT2D eigenvalue weighted by Gasteiger charge is 2.36. The van der Waals surface area contributed by atoms with Crippen molar-refractivity contribution in [1.29, 1.82) is 0 Å². The van der Waals surface area contributed by atoms with Crippen LogP contribution >= 0.6 is 0 Å². The number of anilines is 1. The Labute approximate surface area is 128 Å². The highest BCUT2D eigenvalue weighted by molar-refractivity contribution is 6.34. The summed E-state index contributed by atoms with van der Waals surface area (Å²) in [4.78, 5) is 25.9. The molecule has 3 rings (SSSR count). The monoisotopic (exact) mass is 297 g/mol. The van der Waals surface area contributed by atoms with E-state index in [1.807, 2.05) is 0 Å². The number of carbonyl (C=O) groups is 2. The predicted molar refractivity (Wildman–Crippen MR) is 81.4 cm³/mol. The van der Waals surface area contributed by atoms with Gasteiger partial charge in [0.25, 0.3) is 11.8 Å². The molecule has 112 valence electrons. The van der Waals surface area contributed by atoms with Crippen molar-refractivity contribution in [2.24, 2.45) is 0 Å². The van der Waals surface area contributed by atoms with Crippen LogP contribution in [-0.4, -0.2) is 32.1 Å². The van der Waals surface area contributed by atoms with Crippen LogP contribution in [0, 0.1) is 0 Å². The molecule has 0 saturated heterocycles. The van der Waals surface area contributed by atoms with Crippen molar-refractivity contribution >= 4 is 17.5 Å². The van der Waals surface area contributed by atoms with Crippen molar-refractivity contribution < 1.29 is 19.1 Å². The van der Waals surface area contributed by atoms with Gasteiger partial charge in [0.1, 0.15) is 12.4 Å². The first-order valence-corrected chi connectivity index (χ1v) is 6.92. The first-order valence-electron chi connectivity index (χ1n) is 6.92. The van der Waals surface area contributed by atoms with Crippen LogP contribution in [0.25, 0.3) is 0 Å². The van der Waals surface area contributed by atoms with Crippen molar-refractivity contribution in [3.63, 3.8) is 0 Å². The average molecular weight is 297 g/mol. The Morgan fingerprint density at radius 2 is 1.45 bits per heavy atom. The van der Waals surface area contributed by atoms with Gasteiger partial charge in [0.2, 0.25) is 0 Å². The van der Waals surface area contributed by atoms with E-state index in [1.165, 1.54) is 4.90 Å². The highest BCUT2D eigenvalue weighted by Crippen LogP contribution is 2.29. The van der Waals surface area contributed by atoms with Crippen molar-refractivity contribution in [2.45, 2.75) is 0 Å². The molecule has 2 aromatic rings. The largest absolute Gasteiger partial charge is 0.491 e. The lowest BCUT2D eigenvalue weighted by atomic mass is 10.1. The SMILES string of the molecule is COCCOc1ccc(N2C(=O)c3ccccc3C2=O)cc1. The summed E-state index contributed by atoms with van der Waals surface area (Å²) < 4.78 is 10.4. The average Bonchev–Trinajstić information content (AvgIpc) is 2.81. The minimum atomic E-state index is -0.298. The van der Waals surface area contributed by atoms with Gasteiger partial charge in [-0.3, -0.25) is 9.59 Å². The molecule has 2 amide bonds. The second-order valence-electron chi connectivity index (χ2n) is 4.83. The van der Waals surface area contributed by atoms with Crippen LogP contribution in [0.5, 0.6) is 5.75 Å². The fourth-order valence-corrected chi connectivity index (χ4v) is 2.36. The molecule has 22 heavy (non-hydrogen) atoms. The van der Waals surface area contributed by atoms with Gasteiger partial charge in [-0.25, -0.2) is 4.90 Å². The molecular weight excluding hydrogens is 282 g/mol. The molecule has 0 unspecified atom stereocenters. The van der Waals surface area contributed by atoms with Crippen LogP contribution in [0.4, 0.5) is 5.69 Å². The molecule has 0 spiro atoms. The number of rotatable bonds is 5. The van der Waals surface area contributed by atoms with Gasteiger partial charge in [0, 0.05) is 7.11 Å². The summed E-state index contributed by atoms with van der Waals surface area (Å²) in [7, 11) is 1.61. The summed E-state index contributed by atoms with van der Waals surface area (Å²) in [5.74, 6) is 0.0692. The summed E-state index contributed by atoms with van der Waals surface area (Å²) in [6.45, 7) is 0.947. The Morgan fingerprint density at radius 1 is 0.864 bits per heavy atom. The van der Waals surface area contributed by atoms with Crippen molar-refractivity contribution in [3.05, 3.63) is 59.7 Å². The number of methoxy groups -OCH3 is 1. The highest BCUT2D eigenvalue weighted by atomic mass is 16.5. The van der Waals surface area contributed by atoms with Gasteiger partial charge in [-0.15, -0.1) is 0 Å². The molecule has 0 fully saturated rings. The maximum Gasteiger partial charge on any atom is 0.266 e. The van der Waals surface area contributed by atoms with Crippen LogP contribution in [0.15, 0.2) is 48.5 Å². The molecule has 0 bridgehead atoms. The van der Waals surface area contributed by atoms with Crippen LogP contribution in [0.3, 0.4) is 0 Å². The van der Waals surface area contributed by atoms with Gasteiger partial charge >= 0.3 is 0 Å². The fraction of sp³-hybridized carbons (Fsp3) is 0.176. The first kappa shape index (κ1) is 14.3. The van der Waals surface area contributed by atoms with Crippen LogP contribution in [-0.2, 0) is 4.74 Å². The molecule has 1 aliphatic heterocycles. The van der Waals surface area contributed by atoms with Gasteiger partial charge in [-0.05, 0) is 36.4 Å². The summed E-state index contributed by atoms with van der Waals surface area (Å²) in [6, 6.07) is 13.7. The van der Waals surface area contributed by atoms with Crippen molar-refractivity contribution in [3.8, 4) is 5.75 Å². The Morgan fingerprint density at radius 3 is 2.00 bits per heavy atom. The van der Waals surface area contributed by atoms with E-state index >= 15 is 0 Å². The maximum atomic E-state index is 12.4. The summed E-state index contributed by atoms with van der Waals surface area (Å²) in [6.07, 6.45) is 0. The first-order chi connectivity index (χ1) is 10.7. The van der Waals surface area contributed by atoms with E-state index in [0.29, 0.717) is 35.8 Å². The molecule has 0 aromatic heterocycles. The predicted octanol–water partition coefficient (Wildman–Crippen LogP) is 2.51. The summed E-state index contributed by atoms with van der Waals surface area (Å²) in [5.41, 5.74) is 1.41. The van der Waals surface area contributed by atoms with Gasteiger partial charge < -0.3 is 9.47 Å². The van der Waals surface area contributed by atoms with Crippen LogP contribution < -0.4 is 9.64 Å². The van der Waals surface area contributed by atoms with E-state index in [-0.39, 0.29) is 11.8 Å². The molecule has 1 heterocycles. The number of imide groups is 1. The lowest BCUT2D eigenvalue weighted by molar-refractivity contribution is 0.0926. The molecule has 1 aliphatic rings. The van der Waals surface area contributed by atoms with E-state index in [2.05, 4.69) is 0 Å². The van der Waals surface area contributed by atoms with Gasteiger partial charge in [0.05, 0.1) is 23.4 Å². The summed E-state index contributed by atoms with van der Waals surface area (Å²) in [5, 5.41) is 0. The number of benzene rings is 2. The number of fused-ring (bicyclic) bond motifs is 1. The Hall–Kier alpha value is -2.66. The van der Waals surface area contributed by atoms with Gasteiger partial charge in [-0.2, -0.15) is 0 Å². The number of hydrogen-bond acceptors (Lipinski definition) is 4. The standard InChI is InChI=1S/C17H15NO4/c1-21-10-11-22-13-8-6-12(7-9-13)18-16(19)14-4-2-3-5-15(14)17(18)20/h2-9H,10-11H2,1H3. The lowest BCUT2D eigenvalue weighted by Crippen LogP contribution is -2.29. The second kappa shape index (κ2) is 5.99. The maximum absolute atomic E-state index is 12.4. The Kier molecular flexibility index (Phi) is 3.89. The Balaban J connectivity index is 1.81. The smallest absolute Gasteiger partial charge is 0.266 e. The number of hydrogen-bond donors (Lipinski definition) is 0. The third-order valence-electron chi connectivity index (χ3n) is 3.45. The second-order valence-corrected chi connectivity index (χ2v) is 4.83. The number of nitrogens with zero attached hydrogens (tertiary/aromatic N) is 1.